The maximum Gasteiger partial charge on any atom is 0.227 e. The van der Waals surface area contributed by atoms with Crippen LogP contribution in [-0.2, 0) is 0 Å². The standard InChI is InChI=1S/C18H18N4/c1-2-8-15-14(6-1)7-5-9-16(15)20-17-10-11-19-18(21-17)22-12-3-4-13-22/h1-2,5-11H,3-4,12-13H2,(H,19,20,21). The second-order valence-corrected chi connectivity index (χ2v) is 5.59. The van der Waals surface area contributed by atoms with Gasteiger partial charge in [0.15, 0.2) is 0 Å². The van der Waals surface area contributed by atoms with Crippen molar-refractivity contribution in [1.29, 1.82) is 0 Å². The molecule has 1 aliphatic rings. The Hall–Kier alpha value is -2.62. The van der Waals surface area contributed by atoms with Crippen molar-refractivity contribution in [3.8, 4) is 0 Å². The lowest BCUT2D eigenvalue weighted by Gasteiger charge is -2.16. The van der Waals surface area contributed by atoms with Crippen molar-refractivity contribution in [2.24, 2.45) is 0 Å². The first-order valence-electron chi connectivity index (χ1n) is 7.73. The average molecular weight is 290 g/mol. The van der Waals surface area contributed by atoms with Crippen LogP contribution in [-0.4, -0.2) is 23.1 Å². The smallest absolute Gasteiger partial charge is 0.227 e. The number of hydrogen-bond acceptors (Lipinski definition) is 4. The molecule has 1 aromatic heterocycles. The average Bonchev–Trinajstić information content (AvgIpc) is 3.10. The minimum Gasteiger partial charge on any atom is -0.341 e. The van der Waals surface area contributed by atoms with Crippen LogP contribution in [0.1, 0.15) is 12.8 Å². The van der Waals surface area contributed by atoms with E-state index in [9.17, 15) is 0 Å². The molecule has 0 unspecified atom stereocenters. The van der Waals surface area contributed by atoms with E-state index in [0.29, 0.717) is 0 Å². The molecular formula is C18H18N4. The first-order valence-corrected chi connectivity index (χ1v) is 7.73. The summed E-state index contributed by atoms with van der Waals surface area (Å²) < 4.78 is 0. The van der Waals surface area contributed by atoms with E-state index in [1.165, 1.54) is 23.6 Å². The number of anilines is 3. The Bertz CT molecular complexity index is 788. The third-order valence-electron chi connectivity index (χ3n) is 4.08. The summed E-state index contributed by atoms with van der Waals surface area (Å²) in [4.78, 5) is 11.3. The van der Waals surface area contributed by atoms with Crippen LogP contribution in [0.25, 0.3) is 10.8 Å². The van der Waals surface area contributed by atoms with Crippen LogP contribution >= 0.6 is 0 Å². The molecule has 0 bridgehead atoms. The van der Waals surface area contributed by atoms with Gasteiger partial charge in [0.1, 0.15) is 5.82 Å². The first-order chi connectivity index (χ1) is 10.9. The van der Waals surface area contributed by atoms with Gasteiger partial charge in [0.25, 0.3) is 0 Å². The molecule has 0 aliphatic carbocycles. The Balaban J connectivity index is 1.66. The van der Waals surface area contributed by atoms with Crippen LogP contribution in [0.15, 0.2) is 54.7 Å². The number of benzene rings is 2. The van der Waals surface area contributed by atoms with E-state index in [-0.39, 0.29) is 0 Å². The van der Waals surface area contributed by atoms with Gasteiger partial charge in [-0.15, -0.1) is 0 Å². The Morgan fingerprint density at radius 2 is 1.73 bits per heavy atom. The zero-order valence-corrected chi connectivity index (χ0v) is 12.4. The Morgan fingerprint density at radius 1 is 0.909 bits per heavy atom. The molecular weight excluding hydrogens is 272 g/mol. The topological polar surface area (TPSA) is 41.1 Å². The van der Waals surface area contributed by atoms with Crippen molar-refractivity contribution in [3.63, 3.8) is 0 Å². The molecule has 0 radical (unpaired) electrons. The van der Waals surface area contributed by atoms with E-state index in [1.807, 2.05) is 12.3 Å². The van der Waals surface area contributed by atoms with Crippen LogP contribution in [0.2, 0.25) is 0 Å². The zero-order chi connectivity index (χ0) is 14.8. The third kappa shape index (κ3) is 2.48. The van der Waals surface area contributed by atoms with Crippen molar-refractivity contribution in [2.75, 3.05) is 23.3 Å². The minimum absolute atomic E-state index is 0.822. The molecule has 2 heterocycles. The normalized spacial score (nSPS) is 14.5. The fourth-order valence-electron chi connectivity index (χ4n) is 2.96. The van der Waals surface area contributed by atoms with Gasteiger partial charge in [-0.1, -0.05) is 36.4 Å². The number of nitrogens with one attached hydrogen (secondary N) is 1. The molecule has 0 amide bonds. The number of aromatic nitrogens is 2. The lowest BCUT2D eigenvalue weighted by Crippen LogP contribution is -2.20. The molecule has 4 rings (SSSR count). The third-order valence-corrected chi connectivity index (χ3v) is 4.08. The van der Waals surface area contributed by atoms with E-state index in [0.717, 1.165) is 30.5 Å². The largest absolute Gasteiger partial charge is 0.341 e. The molecule has 3 aromatic rings. The van der Waals surface area contributed by atoms with Gasteiger partial charge in [0, 0.05) is 30.4 Å². The van der Waals surface area contributed by atoms with Crippen LogP contribution in [0.3, 0.4) is 0 Å². The lowest BCUT2D eigenvalue weighted by atomic mass is 10.1. The predicted molar refractivity (Wildman–Crippen MR) is 90.7 cm³/mol. The van der Waals surface area contributed by atoms with E-state index in [2.05, 4.69) is 62.6 Å². The molecule has 22 heavy (non-hydrogen) atoms. The summed E-state index contributed by atoms with van der Waals surface area (Å²) in [5.41, 5.74) is 1.07. The van der Waals surface area contributed by atoms with Gasteiger partial charge >= 0.3 is 0 Å². The lowest BCUT2D eigenvalue weighted by molar-refractivity contribution is 0.900. The SMILES string of the molecule is c1ccc2c(Nc3ccnc(N4CCCC4)n3)cccc2c1. The van der Waals surface area contributed by atoms with Gasteiger partial charge in [-0.3, -0.25) is 0 Å². The van der Waals surface area contributed by atoms with Crippen molar-refractivity contribution in [1.82, 2.24) is 9.97 Å². The van der Waals surface area contributed by atoms with E-state index >= 15 is 0 Å². The van der Waals surface area contributed by atoms with Crippen molar-refractivity contribution in [3.05, 3.63) is 54.7 Å². The van der Waals surface area contributed by atoms with Crippen molar-refractivity contribution < 1.29 is 0 Å². The molecule has 0 atom stereocenters. The highest BCUT2D eigenvalue weighted by Gasteiger charge is 2.15. The summed E-state index contributed by atoms with van der Waals surface area (Å²) in [5, 5.41) is 5.86. The minimum atomic E-state index is 0.822. The van der Waals surface area contributed by atoms with Crippen LogP contribution < -0.4 is 10.2 Å². The summed E-state index contributed by atoms with van der Waals surface area (Å²) in [5.74, 6) is 1.66. The Kier molecular flexibility index (Phi) is 3.35. The fraction of sp³-hybridized carbons (Fsp3) is 0.222. The van der Waals surface area contributed by atoms with Gasteiger partial charge in [0.2, 0.25) is 5.95 Å². The molecule has 1 N–H and O–H groups in total. The summed E-state index contributed by atoms with van der Waals surface area (Å²) in [6.45, 7) is 2.11. The molecule has 1 aliphatic heterocycles. The van der Waals surface area contributed by atoms with E-state index < -0.39 is 0 Å². The first kappa shape index (κ1) is 13.1. The molecule has 110 valence electrons. The van der Waals surface area contributed by atoms with Crippen molar-refractivity contribution >= 4 is 28.2 Å². The van der Waals surface area contributed by atoms with Gasteiger partial charge in [-0.05, 0) is 30.4 Å². The molecule has 1 saturated heterocycles. The summed E-state index contributed by atoms with van der Waals surface area (Å²) >= 11 is 0. The second-order valence-electron chi connectivity index (χ2n) is 5.59. The van der Waals surface area contributed by atoms with Gasteiger partial charge in [0.05, 0.1) is 0 Å². The maximum absolute atomic E-state index is 4.66. The highest BCUT2D eigenvalue weighted by molar-refractivity contribution is 5.95. The van der Waals surface area contributed by atoms with Gasteiger partial charge < -0.3 is 10.2 Å². The zero-order valence-electron chi connectivity index (χ0n) is 12.4. The molecule has 4 nitrogen and oxygen atoms in total. The summed E-state index contributed by atoms with van der Waals surface area (Å²) in [7, 11) is 0. The predicted octanol–water partition coefficient (Wildman–Crippen LogP) is 3.97. The van der Waals surface area contributed by atoms with E-state index in [1.54, 1.807) is 0 Å². The molecule has 0 saturated carbocycles. The van der Waals surface area contributed by atoms with Crippen molar-refractivity contribution in [2.45, 2.75) is 12.8 Å². The molecule has 2 aromatic carbocycles. The van der Waals surface area contributed by atoms with E-state index in [4.69, 9.17) is 0 Å². The highest BCUT2D eigenvalue weighted by atomic mass is 15.3. The maximum atomic E-state index is 4.66. The monoisotopic (exact) mass is 290 g/mol. The molecule has 4 heteroatoms. The summed E-state index contributed by atoms with van der Waals surface area (Å²) in [6.07, 6.45) is 4.28. The highest BCUT2D eigenvalue weighted by Crippen LogP contribution is 2.26. The van der Waals surface area contributed by atoms with Gasteiger partial charge in [-0.25, -0.2) is 4.98 Å². The fourth-order valence-corrected chi connectivity index (χ4v) is 2.96. The second kappa shape index (κ2) is 5.64. The van der Waals surface area contributed by atoms with Crippen LogP contribution in [0.5, 0.6) is 0 Å². The molecule has 1 fully saturated rings. The number of fused-ring (bicyclic) bond motifs is 1. The van der Waals surface area contributed by atoms with Crippen LogP contribution in [0, 0.1) is 0 Å². The molecule has 0 spiro atoms. The number of rotatable bonds is 3. The number of nitrogens with zero attached hydrogens (tertiary/aromatic N) is 3. The number of hydrogen-bond donors (Lipinski definition) is 1. The quantitative estimate of drug-likeness (QED) is 0.792. The van der Waals surface area contributed by atoms with Crippen LogP contribution in [0.4, 0.5) is 17.5 Å². The Labute approximate surface area is 129 Å². The summed E-state index contributed by atoms with van der Waals surface area (Å²) in [6, 6.07) is 16.5. The van der Waals surface area contributed by atoms with Gasteiger partial charge in [-0.2, -0.15) is 4.98 Å². The Morgan fingerprint density at radius 3 is 2.64 bits per heavy atom.